The molecule has 1 N–H and O–H groups in total. The molecule has 0 spiro atoms. The van der Waals surface area contributed by atoms with Crippen LogP contribution in [-0.4, -0.2) is 57.4 Å². The molecule has 2 fully saturated rings. The lowest BCUT2D eigenvalue weighted by molar-refractivity contribution is 0.0330. The standard InChI is InChI=1S/C11H22N2O3S/c1-12-8-10-9-16-7-6-13(10)17(14,15)11-4-2-3-5-11/h10-12H,2-9H2,1H3. The summed E-state index contributed by atoms with van der Waals surface area (Å²) >= 11 is 0. The fraction of sp³-hybridized carbons (Fsp3) is 1.00. The first-order valence-electron chi connectivity index (χ1n) is 6.39. The smallest absolute Gasteiger partial charge is 0.217 e. The van der Waals surface area contributed by atoms with E-state index in [1.165, 1.54) is 0 Å². The molecule has 0 radical (unpaired) electrons. The van der Waals surface area contributed by atoms with Crippen molar-refractivity contribution >= 4 is 10.0 Å². The molecule has 1 heterocycles. The largest absolute Gasteiger partial charge is 0.378 e. The average molecular weight is 262 g/mol. The van der Waals surface area contributed by atoms with Gasteiger partial charge in [-0.05, 0) is 19.9 Å². The quantitative estimate of drug-likeness (QED) is 0.785. The monoisotopic (exact) mass is 262 g/mol. The lowest BCUT2D eigenvalue weighted by Gasteiger charge is -2.36. The average Bonchev–Trinajstić information content (AvgIpc) is 2.84. The molecule has 2 aliphatic rings. The van der Waals surface area contributed by atoms with Crippen LogP contribution in [0.3, 0.4) is 0 Å². The molecule has 1 saturated heterocycles. The van der Waals surface area contributed by atoms with Gasteiger partial charge in [0.1, 0.15) is 0 Å². The molecule has 0 bridgehead atoms. The van der Waals surface area contributed by atoms with Gasteiger partial charge in [-0.2, -0.15) is 4.31 Å². The van der Waals surface area contributed by atoms with Crippen molar-refractivity contribution in [1.29, 1.82) is 0 Å². The number of morpholine rings is 1. The lowest BCUT2D eigenvalue weighted by atomic mass is 10.3. The number of sulfonamides is 1. The van der Waals surface area contributed by atoms with Gasteiger partial charge in [0, 0.05) is 13.1 Å². The molecule has 100 valence electrons. The van der Waals surface area contributed by atoms with Gasteiger partial charge in [-0.1, -0.05) is 12.8 Å². The third kappa shape index (κ3) is 2.81. The summed E-state index contributed by atoms with van der Waals surface area (Å²) in [5.41, 5.74) is 0. The molecule has 17 heavy (non-hydrogen) atoms. The highest BCUT2D eigenvalue weighted by Crippen LogP contribution is 2.28. The van der Waals surface area contributed by atoms with Crippen LogP contribution in [0.4, 0.5) is 0 Å². The Kier molecular flexibility index (Phi) is 4.41. The van der Waals surface area contributed by atoms with E-state index in [1.807, 2.05) is 7.05 Å². The fourth-order valence-corrected chi connectivity index (χ4v) is 4.94. The number of ether oxygens (including phenoxy) is 1. The van der Waals surface area contributed by atoms with Crippen LogP contribution >= 0.6 is 0 Å². The lowest BCUT2D eigenvalue weighted by Crippen LogP contribution is -2.54. The van der Waals surface area contributed by atoms with Crippen LogP contribution in [0, 0.1) is 0 Å². The molecule has 5 nitrogen and oxygen atoms in total. The van der Waals surface area contributed by atoms with Crippen molar-refractivity contribution in [2.24, 2.45) is 0 Å². The molecule has 0 aromatic rings. The Labute approximate surface area is 104 Å². The van der Waals surface area contributed by atoms with Crippen LogP contribution in [0.2, 0.25) is 0 Å². The van der Waals surface area contributed by atoms with Crippen LogP contribution < -0.4 is 5.32 Å². The number of nitrogens with one attached hydrogen (secondary N) is 1. The summed E-state index contributed by atoms with van der Waals surface area (Å²) in [4.78, 5) is 0. The van der Waals surface area contributed by atoms with Gasteiger partial charge in [-0.25, -0.2) is 8.42 Å². The summed E-state index contributed by atoms with van der Waals surface area (Å²) in [6, 6.07) is -0.0423. The van der Waals surface area contributed by atoms with Crippen LogP contribution in [0.25, 0.3) is 0 Å². The molecule has 0 amide bonds. The first-order chi connectivity index (χ1) is 8.16. The minimum absolute atomic E-state index is 0.0423. The highest BCUT2D eigenvalue weighted by atomic mass is 32.2. The molecule has 2 rings (SSSR count). The Hall–Kier alpha value is -0.170. The van der Waals surface area contributed by atoms with Gasteiger partial charge in [0.2, 0.25) is 10.0 Å². The maximum atomic E-state index is 12.5. The minimum Gasteiger partial charge on any atom is -0.378 e. The first kappa shape index (κ1) is 13.3. The van der Waals surface area contributed by atoms with E-state index in [2.05, 4.69) is 5.32 Å². The van der Waals surface area contributed by atoms with E-state index >= 15 is 0 Å². The van der Waals surface area contributed by atoms with Crippen LogP contribution in [0.15, 0.2) is 0 Å². The summed E-state index contributed by atoms with van der Waals surface area (Å²) in [5, 5.41) is 2.89. The van der Waals surface area contributed by atoms with Crippen molar-refractivity contribution < 1.29 is 13.2 Å². The molecule has 1 saturated carbocycles. The molecule has 0 aromatic heterocycles. The third-order valence-electron chi connectivity index (χ3n) is 3.66. The zero-order chi connectivity index (χ0) is 12.3. The summed E-state index contributed by atoms with van der Waals surface area (Å²) in [6.07, 6.45) is 3.74. The van der Waals surface area contributed by atoms with E-state index < -0.39 is 10.0 Å². The third-order valence-corrected chi connectivity index (χ3v) is 6.11. The second-order valence-corrected chi connectivity index (χ2v) is 7.01. The summed E-state index contributed by atoms with van der Waals surface area (Å²) < 4.78 is 32.1. The predicted molar refractivity (Wildman–Crippen MR) is 66.4 cm³/mol. The molecular formula is C11H22N2O3S. The van der Waals surface area contributed by atoms with Gasteiger partial charge in [0.25, 0.3) is 0 Å². The number of hydrogen-bond donors (Lipinski definition) is 1. The normalized spacial score (nSPS) is 28.6. The Morgan fingerprint density at radius 3 is 2.71 bits per heavy atom. The number of likely N-dealkylation sites (N-methyl/N-ethyl adjacent to an activating group) is 1. The molecule has 6 heteroatoms. The zero-order valence-electron chi connectivity index (χ0n) is 10.4. The topological polar surface area (TPSA) is 58.6 Å². The SMILES string of the molecule is CNCC1COCCN1S(=O)(=O)C1CCCC1. The number of hydrogen-bond acceptors (Lipinski definition) is 4. The minimum atomic E-state index is -3.12. The second-order valence-electron chi connectivity index (χ2n) is 4.85. The molecule has 1 unspecified atom stereocenters. The summed E-state index contributed by atoms with van der Waals surface area (Å²) in [5.74, 6) is 0. The molecule has 1 atom stereocenters. The van der Waals surface area contributed by atoms with Crippen molar-refractivity contribution in [1.82, 2.24) is 9.62 Å². The van der Waals surface area contributed by atoms with E-state index in [0.717, 1.165) is 25.7 Å². The predicted octanol–water partition coefficient (Wildman–Crippen LogP) is 0.179. The molecular weight excluding hydrogens is 240 g/mol. The van der Waals surface area contributed by atoms with Gasteiger partial charge in [-0.15, -0.1) is 0 Å². The second kappa shape index (κ2) is 5.65. The highest BCUT2D eigenvalue weighted by Gasteiger charge is 2.38. The molecule has 0 aromatic carbocycles. The van der Waals surface area contributed by atoms with Crippen molar-refractivity contribution in [2.75, 3.05) is 33.4 Å². The maximum Gasteiger partial charge on any atom is 0.217 e. The van der Waals surface area contributed by atoms with E-state index in [9.17, 15) is 8.42 Å². The van der Waals surface area contributed by atoms with Crippen LogP contribution in [0.5, 0.6) is 0 Å². The van der Waals surface area contributed by atoms with Gasteiger partial charge >= 0.3 is 0 Å². The number of nitrogens with zero attached hydrogens (tertiary/aromatic N) is 1. The Morgan fingerprint density at radius 2 is 2.06 bits per heavy atom. The van der Waals surface area contributed by atoms with E-state index in [0.29, 0.717) is 26.3 Å². The van der Waals surface area contributed by atoms with E-state index in [-0.39, 0.29) is 11.3 Å². The Morgan fingerprint density at radius 1 is 1.35 bits per heavy atom. The van der Waals surface area contributed by atoms with Crippen molar-refractivity contribution in [2.45, 2.75) is 37.0 Å². The molecule has 1 aliphatic heterocycles. The van der Waals surface area contributed by atoms with Crippen molar-refractivity contribution in [3.63, 3.8) is 0 Å². The summed E-state index contributed by atoms with van der Waals surface area (Å²) in [7, 11) is -1.28. The van der Waals surface area contributed by atoms with Crippen molar-refractivity contribution in [3.8, 4) is 0 Å². The summed E-state index contributed by atoms with van der Waals surface area (Å²) in [6.45, 7) is 2.19. The van der Waals surface area contributed by atoms with Gasteiger partial charge in [0.15, 0.2) is 0 Å². The van der Waals surface area contributed by atoms with Crippen molar-refractivity contribution in [3.05, 3.63) is 0 Å². The first-order valence-corrected chi connectivity index (χ1v) is 7.89. The van der Waals surface area contributed by atoms with Gasteiger partial charge in [0.05, 0.1) is 24.5 Å². The Bertz CT molecular complexity index is 337. The van der Waals surface area contributed by atoms with E-state index in [1.54, 1.807) is 4.31 Å². The van der Waals surface area contributed by atoms with Crippen LogP contribution in [-0.2, 0) is 14.8 Å². The zero-order valence-corrected chi connectivity index (χ0v) is 11.2. The fourth-order valence-electron chi connectivity index (χ4n) is 2.75. The Balaban J connectivity index is 2.11. The van der Waals surface area contributed by atoms with Crippen LogP contribution in [0.1, 0.15) is 25.7 Å². The van der Waals surface area contributed by atoms with Gasteiger partial charge < -0.3 is 10.1 Å². The number of rotatable bonds is 4. The maximum absolute atomic E-state index is 12.5. The van der Waals surface area contributed by atoms with Gasteiger partial charge in [-0.3, -0.25) is 0 Å². The molecule has 1 aliphatic carbocycles. The highest BCUT2D eigenvalue weighted by molar-refractivity contribution is 7.89. The van der Waals surface area contributed by atoms with E-state index in [4.69, 9.17) is 4.74 Å².